The molecule has 0 radical (unpaired) electrons. The summed E-state index contributed by atoms with van der Waals surface area (Å²) in [5, 5.41) is 27.7. The molecule has 0 heterocycles. The van der Waals surface area contributed by atoms with Gasteiger partial charge in [-0.1, -0.05) is 12.6 Å². The van der Waals surface area contributed by atoms with Crippen LogP contribution in [0.2, 0.25) is 0 Å². The van der Waals surface area contributed by atoms with E-state index < -0.39 is 0 Å². The minimum absolute atomic E-state index is 0.333. The number of aliphatic hydroxyl groups excluding tert-OH is 1. The van der Waals surface area contributed by atoms with Gasteiger partial charge in [-0.3, -0.25) is 10.8 Å². The molecule has 11 N–H and O–H groups in total. The third kappa shape index (κ3) is 261. The maximum Gasteiger partial charge on any atom is 0.183 e. The third-order valence-corrected chi connectivity index (χ3v) is 0. The molecule has 13 heavy (non-hydrogen) atoms. The zero-order chi connectivity index (χ0) is 11.9. The summed E-state index contributed by atoms with van der Waals surface area (Å²) in [6.07, 6.45) is 0. The van der Waals surface area contributed by atoms with Gasteiger partial charge < -0.3 is 28.0 Å². The van der Waals surface area contributed by atoms with Crippen molar-refractivity contribution < 1.29 is 5.11 Å². The second-order valence-corrected chi connectivity index (χ2v) is 1.21. The Bertz CT molecular complexity index is 133. The number of aliphatic hydroxyl groups is 1. The van der Waals surface area contributed by atoms with Crippen molar-refractivity contribution in [2.75, 3.05) is 7.11 Å². The molecule has 0 amide bonds. The Balaban J connectivity index is -0.0000000431. The molecule has 0 fully saturated rings. The number of nitriles is 1. The molecule has 0 aliphatic carbocycles. The normalized spacial score (nSPS) is 4.77. The molecule has 0 bridgehead atoms. The van der Waals surface area contributed by atoms with Crippen LogP contribution in [0.5, 0.6) is 0 Å². The van der Waals surface area contributed by atoms with Crippen LogP contribution >= 0.6 is 12.6 Å². The predicted molar refractivity (Wildman–Crippen MR) is 54.9 cm³/mol. The molecule has 0 rings (SSSR count). The first-order valence-corrected chi connectivity index (χ1v) is 3.00. The van der Waals surface area contributed by atoms with Gasteiger partial charge >= 0.3 is 0 Å². The molecule has 0 saturated heterocycles. The zero-order valence-electron chi connectivity index (χ0n) is 7.15. The highest BCUT2D eigenvalue weighted by molar-refractivity contribution is 7.85. The average molecular weight is 209 g/mol. The van der Waals surface area contributed by atoms with Crippen LogP contribution in [0.3, 0.4) is 0 Å². The monoisotopic (exact) mass is 209 g/mol. The second kappa shape index (κ2) is 31.6. The first kappa shape index (κ1) is 22.5. The van der Waals surface area contributed by atoms with E-state index in [1.807, 2.05) is 0 Å². The van der Waals surface area contributed by atoms with Crippen LogP contribution in [0.1, 0.15) is 0 Å². The summed E-state index contributed by atoms with van der Waals surface area (Å²) in [6.45, 7) is 0. The number of rotatable bonds is 0. The lowest BCUT2D eigenvalue weighted by atomic mass is 11.1. The SMILES string of the molecule is CO.N#CS.N=C(N)N.N=C(N)N. The van der Waals surface area contributed by atoms with Crippen LogP contribution in [0.15, 0.2) is 0 Å². The van der Waals surface area contributed by atoms with Crippen molar-refractivity contribution in [3.63, 3.8) is 0 Å². The van der Waals surface area contributed by atoms with Crippen LogP contribution in [-0.4, -0.2) is 24.1 Å². The third-order valence-electron chi connectivity index (χ3n) is 0. The number of hydrogen-bond donors (Lipinski definition) is 8. The summed E-state index contributed by atoms with van der Waals surface area (Å²) in [5.41, 5.74) is 17.9. The van der Waals surface area contributed by atoms with Crippen molar-refractivity contribution in [2.45, 2.75) is 0 Å². The van der Waals surface area contributed by atoms with E-state index in [0.29, 0.717) is 0 Å². The number of hydrogen-bond acceptors (Lipinski definition) is 5. The minimum atomic E-state index is -0.333. The largest absolute Gasteiger partial charge is 0.400 e. The van der Waals surface area contributed by atoms with Crippen molar-refractivity contribution in [3.05, 3.63) is 0 Å². The zero-order valence-corrected chi connectivity index (χ0v) is 8.05. The van der Waals surface area contributed by atoms with E-state index in [-0.39, 0.29) is 11.9 Å². The molecule has 78 valence electrons. The van der Waals surface area contributed by atoms with Crippen molar-refractivity contribution in [2.24, 2.45) is 22.9 Å². The van der Waals surface area contributed by atoms with Crippen LogP contribution in [-0.2, 0) is 0 Å². The van der Waals surface area contributed by atoms with Crippen LogP contribution in [0.25, 0.3) is 0 Å². The Morgan fingerprint density at radius 3 is 1.15 bits per heavy atom. The van der Waals surface area contributed by atoms with Gasteiger partial charge in [0.1, 0.15) is 5.40 Å². The summed E-state index contributed by atoms with van der Waals surface area (Å²) < 4.78 is 0. The number of nitrogens with zero attached hydrogens (tertiary/aromatic N) is 1. The van der Waals surface area contributed by atoms with E-state index >= 15 is 0 Å². The molecular formula is C4H15N7OS. The van der Waals surface area contributed by atoms with E-state index in [4.69, 9.17) is 21.2 Å². The van der Waals surface area contributed by atoms with Crippen LogP contribution in [0, 0.1) is 21.5 Å². The van der Waals surface area contributed by atoms with E-state index in [9.17, 15) is 0 Å². The summed E-state index contributed by atoms with van der Waals surface area (Å²) in [7, 11) is 1.00. The Labute approximate surface area is 81.9 Å². The first-order valence-electron chi connectivity index (χ1n) is 2.55. The molecule has 0 aromatic rings. The first-order chi connectivity index (χ1) is 5.88. The van der Waals surface area contributed by atoms with Gasteiger partial charge in [-0.15, -0.1) is 0 Å². The average Bonchev–Trinajstić information content (AvgIpc) is 1.89. The van der Waals surface area contributed by atoms with Gasteiger partial charge in [-0.25, -0.2) is 0 Å². The maximum atomic E-state index is 7.18. The number of nitrogens with one attached hydrogen (secondary N) is 2. The second-order valence-electron chi connectivity index (χ2n) is 1.01. The lowest BCUT2D eigenvalue weighted by molar-refractivity contribution is 0.399. The molecule has 0 atom stereocenters. The Morgan fingerprint density at radius 2 is 1.15 bits per heavy atom. The fourth-order valence-electron chi connectivity index (χ4n) is 0. The van der Waals surface area contributed by atoms with Gasteiger partial charge in [0.25, 0.3) is 0 Å². The molecule has 8 nitrogen and oxygen atoms in total. The molecule has 9 heteroatoms. The quantitative estimate of drug-likeness (QED) is 0.0953. The molecule has 0 aromatic heterocycles. The predicted octanol–water partition coefficient (Wildman–Crippen LogP) is -2.32. The highest BCUT2D eigenvalue weighted by atomic mass is 32.1. The molecule has 0 aliphatic heterocycles. The van der Waals surface area contributed by atoms with Crippen molar-refractivity contribution in [1.82, 2.24) is 0 Å². The number of thiol groups is 1. The summed E-state index contributed by atoms with van der Waals surface area (Å²) in [5.74, 6) is -0.667. The van der Waals surface area contributed by atoms with Crippen molar-refractivity contribution in [3.8, 4) is 5.40 Å². The topological polar surface area (TPSA) is 196 Å². The van der Waals surface area contributed by atoms with E-state index in [0.717, 1.165) is 7.11 Å². The molecule has 0 aromatic carbocycles. The van der Waals surface area contributed by atoms with Gasteiger partial charge in [-0.2, -0.15) is 5.26 Å². The smallest absolute Gasteiger partial charge is 0.183 e. The Hall–Kier alpha value is -1.66. The highest BCUT2D eigenvalue weighted by Gasteiger charge is 1.52. The molecule has 0 saturated carbocycles. The lowest BCUT2D eigenvalue weighted by Gasteiger charge is -1.69. The van der Waals surface area contributed by atoms with Gasteiger partial charge in [0.05, 0.1) is 0 Å². The Morgan fingerprint density at radius 1 is 1.15 bits per heavy atom. The molecule has 0 unspecified atom stereocenters. The summed E-state index contributed by atoms with van der Waals surface area (Å²) in [4.78, 5) is 0. The Kier molecular flexibility index (Phi) is 54.8. The summed E-state index contributed by atoms with van der Waals surface area (Å²) in [6, 6.07) is 0. The summed E-state index contributed by atoms with van der Waals surface area (Å²) >= 11 is 3.09. The van der Waals surface area contributed by atoms with Gasteiger partial charge in [0.15, 0.2) is 11.9 Å². The van der Waals surface area contributed by atoms with Gasteiger partial charge in [-0.05, 0) is 0 Å². The fourth-order valence-corrected chi connectivity index (χ4v) is 0. The minimum Gasteiger partial charge on any atom is -0.400 e. The van der Waals surface area contributed by atoms with Crippen molar-refractivity contribution in [1.29, 1.82) is 16.1 Å². The lowest BCUT2D eigenvalue weighted by Crippen LogP contribution is -2.20. The molecular weight excluding hydrogens is 194 g/mol. The van der Waals surface area contributed by atoms with Crippen LogP contribution in [0.4, 0.5) is 0 Å². The molecule has 0 spiro atoms. The van der Waals surface area contributed by atoms with Gasteiger partial charge in [0, 0.05) is 7.11 Å². The standard InChI is InChI=1S/2CH5N3.CHNS.CH4O/c2*2-1(3)4;2-1-3;1-2/h2*(H5,2,3,4);3H;2H,1H3. The van der Waals surface area contributed by atoms with E-state index in [1.165, 1.54) is 5.40 Å². The maximum absolute atomic E-state index is 7.18. The highest BCUT2D eigenvalue weighted by Crippen LogP contribution is 1.46. The van der Waals surface area contributed by atoms with E-state index in [2.05, 4.69) is 35.6 Å². The van der Waals surface area contributed by atoms with Crippen LogP contribution < -0.4 is 22.9 Å². The van der Waals surface area contributed by atoms with Gasteiger partial charge in [0.2, 0.25) is 0 Å². The number of thiocyanates is 1. The number of nitrogens with two attached hydrogens (primary N) is 4. The van der Waals surface area contributed by atoms with Crippen molar-refractivity contribution >= 4 is 24.5 Å². The fraction of sp³-hybridized carbons (Fsp3) is 0.250. The number of guanidine groups is 2. The van der Waals surface area contributed by atoms with E-state index in [1.54, 1.807) is 0 Å². The molecule has 0 aliphatic rings.